The van der Waals surface area contributed by atoms with E-state index in [1.54, 1.807) is 24.0 Å². The predicted molar refractivity (Wildman–Crippen MR) is 123 cm³/mol. The molecular formula is C22H33BrN2O4S. The van der Waals surface area contributed by atoms with Crippen molar-refractivity contribution in [2.75, 3.05) is 23.7 Å². The quantitative estimate of drug-likeness (QED) is 0.492. The van der Waals surface area contributed by atoms with Gasteiger partial charge in [0.15, 0.2) is 9.84 Å². The molecule has 0 aromatic heterocycles. The summed E-state index contributed by atoms with van der Waals surface area (Å²) < 4.78 is 26.3. The van der Waals surface area contributed by atoms with Gasteiger partial charge in [-0.3, -0.25) is 9.59 Å². The summed E-state index contributed by atoms with van der Waals surface area (Å²) >= 11 is 3.37. The maximum absolute atomic E-state index is 12.9. The molecule has 0 spiro atoms. The topological polar surface area (TPSA) is 83.6 Å². The minimum absolute atomic E-state index is 0.0210. The lowest BCUT2D eigenvalue weighted by atomic mass is 9.99. The Morgan fingerprint density at radius 1 is 1.23 bits per heavy atom. The fourth-order valence-electron chi connectivity index (χ4n) is 3.70. The summed E-state index contributed by atoms with van der Waals surface area (Å²) in [4.78, 5) is 26.2. The van der Waals surface area contributed by atoms with E-state index < -0.39 is 9.84 Å². The molecule has 0 radical (unpaired) electrons. The van der Waals surface area contributed by atoms with Gasteiger partial charge in [-0.25, -0.2) is 8.42 Å². The van der Waals surface area contributed by atoms with Gasteiger partial charge in [-0.05, 0) is 52.4 Å². The Hall–Kier alpha value is -1.41. The average molecular weight is 501 g/mol. The van der Waals surface area contributed by atoms with Crippen LogP contribution >= 0.6 is 15.9 Å². The van der Waals surface area contributed by atoms with Crippen molar-refractivity contribution in [3.63, 3.8) is 0 Å². The molecule has 0 fully saturated rings. The first-order valence-corrected chi connectivity index (χ1v) is 13.3. The predicted octanol–water partition coefficient (Wildman–Crippen LogP) is 4.24. The molecule has 2 amide bonds. The molecule has 1 N–H and O–H groups in total. The molecule has 168 valence electrons. The number of carbonyl (C=O) groups excluding carboxylic acids is 2. The van der Waals surface area contributed by atoms with E-state index in [0.29, 0.717) is 42.0 Å². The van der Waals surface area contributed by atoms with Gasteiger partial charge in [-0.15, -0.1) is 0 Å². The van der Waals surface area contributed by atoms with Crippen molar-refractivity contribution >= 4 is 43.3 Å². The van der Waals surface area contributed by atoms with Gasteiger partial charge in [-0.2, -0.15) is 0 Å². The third-order valence-corrected chi connectivity index (χ3v) is 8.36. The van der Waals surface area contributed by atoms with Crippen molar-refractivity contribution in [1.82, 2.24) is 5.32 Å². The Kier molecular flexibility index (Phi) is 9.34. The molecule has 8 heteroatoms. The lowest BCUT2D eigenvalue weighted by Crippen LogP contribution is -2.30. The number of nitrogens with one attached hydrogen (secondary N) is 1. The molecule has 1 aromatic carbocycles. The summed E-state index contributed by atoms with van der Waals surface area (Å²) in [6.07, 6.45) is 5.32. The van der Waals surface area contributed by atoms with E-state index >= 15 is 0 Å². The van der Waals surface area contributed by atoms with E-state index in [9.17, 15) is 18.0 Å². The molecule has 2 rings (SSSR count). The molecule has 0 bridgehead atoms. The van der Waals surface area contributed by atoms with Crippen LogP contribution in [0.15, 0.2) is 21.5 Å². The first-order valence-electron chi connectivity index (χ1n) is 10.9. The van der Waals surface area contributed by atoms with Gasteiger partial charge in [0.1, 0.15) is 0 Å². The highest BCUT2D eigenvalue weighted by atomic mass is 79.9. The van der Waals surface area contributed by atoms with E-state index in [1.165, 1.54) is 0 Å². The van der Waals surface area contributed by atoms with Crippen molar-refractivity contribution in [1.29, 1.82) is 0 Å². The highest BCUT2D eigenvalue weighted by molar-refractivity contribution is 9.10. The zero-order valence-electron chi connectivity index (χ0n) is 18.2. The zero-order valence-corrected chi connectivity index (χ0v) is 20.6. The van der Waals surface area contributed by atoms with E-state index in [-0.39, 0.29) is 28.9 Å². The monoisotopic (exact) mass is 500 g/mol. The van der Waals surface area contributed by atoms with Crippen LogP contribution in [0.2, 0.25) is 0 Å². The number of unbranched alkanes of at least 4 members (excludes halogenated alkanes) is 1. The van der Waals surface area contributed by atoms with Gasteiger partial charge in [0.25, 0.3) is 0 Å². The number of rotatable bonds is 11. The van der Waals surface area contributed by atoms with E-state index in [2.05, 4.69) is 35.1 Å². The fourth-order valence-corrected chi connectivity index (χ4v) is 6.16. The first kappa shape index (κ1) is 24.9. The highest BCUT2D eigenvalue weighted by Gasteiger charge is 2.28. The van der Waals surface area contributed by atoms with Crippen LogP contribution in [-0.4, -0.2) is 39.1 Å². The maximum atomic E-state index is 12.9. The lowest BCUT2D eigenvalue weighted by molar-refractivity contribution is -0.121. The van der Waals surface area contributed by atoms with Crippen LogP contribution in [0.5, 0.6) is 0 Å². The number of carbonyl (C=O) groups is 2. The Labute approximate surface area is 188 Å². The molecule has 0 unspecified atom stereocenters. The number of sulfone groups is 1. The highest BCUT2D eigenvalue weighted by Crippen LogP contribution is 2.36. The minimum atomic E-state index is -3.67. The number of benzene rings is 1. The summed E-state index contributed by atoms with van der Waals surface area (Å²) in [5.41, 5.74) is 1.62. The van der Waals surface area contributed by atoms with Crippen LogP contribution < -0.4 is 10.2 Å². The van der Waals surface area contributed by atoms with Gasteiger partial charge in [0.2, 0.25) is 11.8 Å². The van der Waals surface area contributed by atoms with Gasteiger partial charge in [0.05, 0.1) is 10.6 Å². The van der Waals surface area contributed by atoms with Crippen molar-refractivity contribution in [3.05, 3.63) is 22.2 Å². The summed E-state index contributed by atoms with van der Waals surface area (Å²) in [6, 6.07) is 3.36. The molecule has 1 atom stereocenters. The fraction of sp³-hybridized carbons (Fsp3) is 0.636. The van der Waals surface area contributed by atoms with Gasteiger partial charge >= 0.3 is 0 Å². The second kappa shape index (κ2) is 11.3. The zero-order chi connectivity index (χ0) is 22.3. The number of fused-ring (bicyclic) bond motifs is 1. The Morgan fingerprint density at radius 2 is 1.97 bits per heavy atom. The van der Waals surface area contributed by atoms with E-state index in [4.69, 9.17) is 0 Å². The molecule has 1 aliphatic heterocycles. The number of halogens is 1. The number of anilines is 1. The second-order valence-electron chi connectivity index (χ2n) is 7.85. The Morgan fingerprint density at radius 3 is 2.60 bits per heavy atom. The number of hydrogen-bond acceptors (Lipinski definition) is 4. The van der Waals surface area contributed by atoms with Crippen LogP contribution in [0, 0.1) is 5.92 Å². The lowest BCUT2D eigenvalue weighted by Gasteiger charge is -2.18. The van der Waals surface area contributed by atoms with Crippen LogP contribution in [0.4, 0.5) is 5.69 Å². The van der Waals surface area contributed by atoms with Crippen LogP contribution in [-0.2, 0) is 25.8 Å². The molecule has 30 heavy (non-hydrogen) atoms. The van der Waals surface area contributed by atoms with Crippen molar-refractivity contribution < 1.29 is 18.0 Å². The van der Waals surface area contributed by atoms with Gasteiger partial charge in [0, 0.05) is 36.1 Å². The summed E-state index contributed by atoms with van der Waals surface area (Å²) in [7, 11) is -3.67. The van der Waals surface area contributed by atoms with E-state index in [1.807, 2.05) is 0 Å². The maximum Gasteiger partial charge on any atom is 0.226 e. The van der Waals surface area contributed by atoms with Gasteiger partial charge < -0.3 is 10.2 Å². The van der Waals surface area contributed by atoms with Crippen molar-refractivity contribution in [2.24, 2.45) is 5.92 Å². The van der Waals surface area contributed by atoms with Crippen molar-refractivity contribution in [2.45, 2.75) is 70.6 Å². The molecular weight excluding hydrogens is 468 g/mol. The Balaban J connectivity index is 2.04. The molecule has 1 heterocycles. The summed E-state index contributed by atoms with van der Waals surface area (Å²) in [6.45, 7) is 7.20. The largest absolute Gasteiger partial charge is 0.356 e. The smallest absolute Gasteiger partial charge is 0.226 e. The number of nitrogens with zero attached hydrogens (tertiary/aromatic N) is 1. The second-order valence-corrected chi connectivity index (χ2v) is 10.8. The third-order valence-electron chi connectivity index (χ3n) is 5.70. The number of hydrogen-bond donors (Lipinski definition) is 1. The minimum Gasteiger partial charge on any atom is -0.356 e. The van der Waals surface area contributed by atoms with Crippen LogP contribution in [0.25, 0.3) is 0 Å². The summed E-state index contributed by atoms with van der Waals surface area (Å²) in [5.74, 6) is -0.0941. The van der Waals surface area contributed by atoms with Crippen LogP contribution in [0.3, 0.4) is 0 Å². The first-order chi connectivity index (χ1) is 14.2. The van der Waals surface area contributed by atoms with E-state index in [0.717, 1.165) is 31.2 Å². The molecule has 6 nitrogen and oxygen atoms in total. The number of amides is 2. The van der Waals surface area contributed by atoms with Gasteiger partial charge in [-0.1, -0.05) is 40.0 Å². The molecule has 0 aliphatic carbocycles. The SMILES string of the molecule is CCCC[C@H](CC)CNC(=O)CCS(=O)(=O)c1cc2c(cc1Br)CCN2C(=O)CC. The molecule has 1 aromatic rings. The average Bonchev–Trinajstić information content (AvgIpc) is 3.13. The normalized spacial score (nSPS) is 14.5. The molecule has 0 saturated heterocycles. The molecule has 0 saturated carbocycles. The molecule has 1 aliphatic rings. The van der Waals surface area contributed by atoms with Crippen LogP contribution in [0.1, 0.15) is 64.9 Å². The van der Waals surface area contributed by atoms with Crippen molar-refractivity contribution in [3.8, 4) is 0 Å². The standard InChI is InChI=1S/C22H33BrN2O4S/c1-4-7-8-16(5-2)15-24-21(26)10-12-30(28,29)20-14-19-17(13-18(20)23)9-11-25(19)22(27)6-3/h13-14,16H,4-12,15H2,1-3H3,(H,24,26)/t16-/m0/s1. The third kappa shape index (κ3) is 6.30. The Bertz CT molecular complexity index is 870. The summed E-state index contributed by atoms with van der Waals surface area (Å²) in [5, 5.41) is 2.88.